The first-order valence-corrected chi connectivity index (χ1v) is 12.5. The van der Waals surface area contributed by atoms with Crippen molar-refractivity contribution in [2.75, 3.05) is 33.9 Å². The summed E-state index contributed by atoms with van der Waals surface area (Å²) in [6, 6.07) is 16.8. The molecular formula is C29H38N2O3. The Kier molecular flexibility index (Phi) is 8.28. The summed E-state index contributed by atoms with van der Waals surface area (Å²) in [5.41, 5.74) is 2.45. The summed E-state index contributed by atoms with van der Waals surface area (Å²) < 4.78 is 11.3. The smallest absolute Gasteiger partial charge is 0.225 e. The summed E-state index contributed by atoms with van der Waals surface area (Å²) in [6.07, 6.45) is 6.92. The Morgan fingerprint density at radius 2 is 1.91 bits per heavy atom. The zero-order valence-electron chi connectivity index (χ0n) is 20.6. The fourth-order valence-corrected chi connectivity index (χ4v) is 5.10. The quantitative estimate of drug-likeness (QED) is 0.443. The van der Waals surface area contributed by atoms with Gasteiger partial charge in [0.05, 0.1) is 7.11 Å². The highest BCUT2D eigenvalue weighted by molar-refractivity contribution is 5.81. The number of benzene rings is 2. The van der Waals surface area contributed by atoms with Crippen LogP contribution in [0.3, 0.4) is 0 Å². The molecule has 34 heavy (non-hydrogen) atoms. The molecule has 1 amide bonds. The predicted octanol–water partition coefficient (Wildman–Crippen LogP) is 4.95. The molecule has 2 aliphatic rings. The number of nitrogens with zero attached hydrogens (tertiary/aromatic N) is 2. The number of carbonyl (C=O) groups excluding carboxylic acids is 1. The molecule has 1 aliphatic heterocycles. The fourth-order valence-electron chi connectivity index (χ4n) is 5.10. The highest BCUT2D eigenvalue weighted by Crippen LogP contribution is 2.34. The standard InChI is InChI=1S/C29H38N2O3/c1-4-18-34-28-11-6-5-9-25(28)21-31-16-14-23(15-17-31)27(30(2)29(32)24-12-13-24)20-22-8-7-10-26(19-22)33-3/h4-11,19,23-24,27H,1,12-18,20-21H2,2-3H3/t27-/m1/s1. The molecular weight excluding hydrogens is 424 g/mol. The lowest BCUT2D eigenvalue weighted by Gasteiger charge is -2.40. The second-order valence-corrected chi connectivity index (χ2v) is 9.67. The molecule has 5 heteroatoms. The van der Waals surface area contributed by atoms with Gasteiger partial charge in [0.25, 0.3) is 0 Å². The van der Waals surface area contributed by atoms with E-state index in [0.717, 1.165) is 63.2 Å². The van der Waals surface area contributed by atoms with Crippen molar-refractivity contribution in [3.63, 3.8) is 0 Å². The van der Waals surface area contributed by atoms with Gasteiger partial charge in [0.1, 0.15) is 18.1 Å². The number of amides is 1. The normalized spacial score (nSPS) is 17.7. The lowest BCUT2D eigenvalue weighted by atomic mass is 9.84. The Bertz CT molecular complexity index is 963. The number of carbonyl (C=O) groups is 1. The third-order valence-corrected chi connectivity index (χ3v) is 7.25. The maximum atomic E-state index is 13.0. The summed E-state index contributed by atoms with van der Waals surface area (Å²) in [6.45, 7) is 7.22. The Hall–Kier alpha value is -2.79. The van der Waals surface area contributed by atoms with Gasteiger partial charge in [-0.2, -0.15) is 0 Å². The molecule has 4 rings (SSSR count). The molecule has 0 unspecified atom stereocenters. The largest absolute Gasteiger partial charge is 0.497 e. The van der Waals surface area contributed by atoms with Crippen LogP contribution in [0, 0.1) is 11.8 Å². The molecule has 0 radical (unpaired) electrons. The van der Waals surface area contributed by atoms with E-state index in [9.17, 15) is 4.79 Å². The van der Waals surface area contributed by atoms with Crippen LogP contribution in [0.1, 0.15) is 36.8 Å². The summed E-state index contributed by atoms with van der Waals surface area (Å²) >= 11 is 0. The van der Waals surface area contributed by atoms with Crippen LogP contribution in [-0.2, 0) is 17.8 Å². The van der Waals surface area contributed by atoms with Crippen LogP contribution in [0.2, 0.25) is 0 Å². The number of likely N-dealkylation sites (tertiary alicyclic amines) is 1. The average Bonchev–Trinajstić information content (AvgIpc) is 3.72. The molecule has 1 aliphatic carbocycles. The minimum Gasteiger partial charge on any atom is -0.497 e. The summed E-state index contributed by atoms with van der Waals surface area (Å²) in [7, 11) is 3.72. The predicted molar refractivity (Wildman–Crippen MR) is 136 cm³/mol. The monoisotopic (exact) mass is 462 g/mol. The first kappa shape index (κ1) is 24.3. The molecule has 5 nitrogen and oxygen atoms in total. The van der Waals surface area contributed by atoms with Crippen LogP contribution in [0.5, 0.6) is 11.5 Å². The minimum absolute atomic E-state index is 0.213. The third kappa shape index (κ3) is 6.20. The lowest BCUT2D eigenvalue weighted by Crippen LogP contribution is -2.47. The van der Waals surface area contributed by atoms with Crippen LogP contribution in [0.15, 0.2) is 61.2 Å². The average molecular weight is 463 g/mol. The van der Waals surface area contributed by atoms with Crippen LogP contribution in [0.25, 0.3) is 0 Å². The van der Waals surface area contributed by atoms with Crippen LogP contribution >= 0.6 is 0 Å². The first-order chi connectivity index (χ1) is 16.6. The van der Waals surface area contributed by atoms with E-state index in [4.69, 9.17) is 9.47 Å². The van der Waals surface area contributed by atoms with E-state index in [1.807, 2.05) is 31.3 Å². The highest BCUT2D eigenvalue weighted by Gasteiger charge is 2.38. The number of rotatable bonds is 11. The van der Waals surface area contributed by atoms with Crippen molar-refractivity contribution in [1.82, 2.24) is 9.80 Å². The second kappa shape index (κ2) is 11.6. The number of para-hydroxylation sites is 1. The van der Waals surface area contributed by atoms with Crippen molar-refractivity contribution in [1.29, 1.82) is 0 Å². The number of ether oxygens (including phenoxy) is 2. The molecule has 2 fully saturated rings. The molecule has 0 spiro atoms. The number of hydrogen-bond donors (Lipinski definition) is 0. The van der Waals surface area contributed by atoms with E-state index in [-0.39, 0.29) is 12.0 Å². The van der Waals surface area contributed by atoms with Gasteiger partial charge in [-0.15, -0.1) is 0 Å². The minimum atomic E-state index is 0.213. The fraction of sp³-hybridized carbons (Fsp3) is 0.483. The summed E-state index contributed by atoms with van der Waals surface area (Å²) in [5.74, 6) is 2.87. The van der Waals surface area contributed by atoms with Crippen molar-refractivity contribution >= 4 is 5.91 Å². The number of hydrogen-bond acceptors (Lipinski definition) is 4. The van der Waals surface area contributed by atoms with Gasteiger partial charge in [-0.25, -0.2) is 0 Å². The van der Waals surface area contributed by atoms with Crippen LogP contribution < -0.4 is 9.47 Å². The topological polar surface area (TPSA) is 42.0 Å². The summed E-state index contributed by atoms with van der Waals surface area (Å²) in [5, 5.41) is 0. The van der Waals surface area contributed by atoms with E-state index in [2.05, 4.69) is 40.6 Å². The second-order valence-electron chi connectivity index (χ2n) is 9.67. The van der Waals surface area contributed by atoms with Crippen molar-refractivity contribution < 1.29 is 14.3 Å². The van der Waals surface area contributed by atoms with Gasteiger partial charge >= 0.3 is 0 Å². The molecule has 182 valence electrons. The van der Waals surface area contributed by atoms with Crippen LogP contribution in [0.4, 0.5) is 0 Å². The SMILES string of the molecule is C=CCOc1ccccc1CN1CCC([C@@H](Cc2cccc(OC)c2)N(C)C(=O)C2CC2)CC1. The van der Waals surface area contributed by atoms with Crippen molar-refractivity contribution in [3.05, 3.63) is 72.3 Å². The maximum absolute atomic E-state index is 13.0. The molecule has 1 heterocycles. The molecule has 2 aromatic rings. The highest BCUT2D eigenvalue weighted by atomic mass is 16.5. The lowest BCUT2D eigenvalue weighted by molar-refractivity contribution is -0.134. The molecule has 0 bridgehead atoms. The maximum Gasteiger partial charge on any atom is 0.225 e. The van der Waals surface area contributed by atoms with Gasteiger partial charge in [-0.3, -0.25) is 9.69 Å². The molecule has 2 aromatic carbocycles. The zero-order valence-corrected chi connectivity index (χ0v) is 20.6. The van der Waals surface area contributed by atoms with Gasteiger partial charge in [-0.1, -0.05) is 43.0 Å². The number of likely N-dealkylation sites (N-methyl/N-ethyl adjacent to an activating group) is 1. The Morgan fingerprint density at radius 3 is 2.62 bits per heavy atom. The Morgan fingerprint density at radius 1 is 1.15 bits per heavy atom. The third-order valence-electron chi connectivity index (χ3n) is 7.25. The first-order valence-electron chi connectivity index (χ1n) is 12.5. The Labute approximate surface area is 204 Å². The molecule has 1 saturated carbocycles. The molecule has 1 atom stereocenters. The number of piperidine rings is 1. The van der Waals surface area contributed by atoms with E-state index in [1.165, 1.54) is 11.1 Å². The van der Waals surface area contributed by atoms with E-state index >= 15 is 0 Å². The zero-order chi connectivity index (χ0) is 23.9. The van der Waals surface area contributed by atoms with Gasteiger partial charge in [-0.05, 0) is 74.9 Å². The van der Waals surface area contributed by atoms with Gasteiger partial charge in [0.2, 0.25) is 5.91 Å². The molecule has 0 N–H and O–H groups in total. The van der Waals surface area contributed by atoms with E-state index in [0.29, 0.717) is 18.4 Å². The van der Waals surface area contributed by atoms with Gasteiger partial charge < -0.3 is 14.4 Å². The van der Waals surface area contributed by atoms with Crippen molar-refractivity contribution in [3.8, 4) is 11.5 Å². The van der Waals surface area contributed by atoms with Crippen molar-refractivity contribution in [2.24, 2.45) is 11.8 Å². The Balaban J connectivity index is 1.42. The van der Waals surface area contributed by atoms with Crippen molar-refractivity contribution in [2.45, 2.75) is 44.7 Å². The van der Waals surface area contributed by atoms with Crippen LogP contribution in [-0.4, -0.2) is 55.6 Å². The van der Waals surface area contributed by atoms with Gasteiger partial charge in [0, 0.05) is 31.1 Å². The number of methoxy groups -OCH3 is 1. The molecule has 0 aromatic heterocycles. The van der Waals surface area contributed by atoms with E-state index in [1.54, 1.807) is 13.2 Å². The van der Waals surface area contributed by atoms with Gasteiger partial charge in [0.15, 0.2) is 0 Å². The molecule has 1 saturated heterocycles. The summed E-state index contributed by atoms with van der Waals surface area (Å²) in [4.78, 5) is 17.6. The van der Waals surface area contributed by atoms with E-state index < -0.39 is 0 Å².